The van der Waals surface area contributed by atoms with Crippen LogP contribution in [0.4, 0.5) is 5.82 Å². The Morgan fingerprint density at radius 3 is 2.72 bits per heavy atom. The number of halogens is 1. The molecule has 1 heterocycles. The third-order valence-corrected chi connectivity index (χ3v) is 4.06. The van der Waals surface area contributed by atoms with Crippen LogP contribution in [0.25, 0.3) is 0 Å². The fraction of sp³-hybridized carbons (Fsp3) is 0.353. The van der Waals surface area contributed by atoms with Gasteiger partial charge in [0, 0.05) is 17.1 Å². The zero-order valence-electron chi connectivity index (χ0n) is 14.3. The molecule has 0 saturated heterocycles. The minimum absolute atomic E-state index is 0.0730. The van der Waals surface area contributed by atoms with Gasteiger partial charge in [-0.1, -0.05) is 30.7 Å². The molecule has 0 aliphatic carbocycles. The average Bonchev–Trinajstić information content (AvgIpc) is 2.51. The summed E-state index contributed by atoms with van der Waals surface area (Å²) in [7, 11) is 1.84. The molecule has 25 heavy (non-hydrogen) atoms. The van der Waals surface area contributed by atoms with E-state index in [4.69, 9.17) is 17.3 Å². The lowest BCUT2D eigenvalue weighted by Crippen LogP contribution is -3.08. The van der Waals surface area contributed by atoms with Crippen LogP contribution in [-0.4, -0.2) is 28.9 Å². The Morgan fingerprint density at radius 1 is 1.36 bits per heavy atom. The number of hydrogen-bond donors (Lipinski definition) is 3. The monoisotopic (exact) mass is 365 g/mol. The first-order chi connectivity index (χ1) is 11.8. The van der Waals surface area contributed by atoms with Gasteiger partial charge in [-0.15, -0.1) is 0 Å². The maximum atomic E-state index is 12.6. The highest BCUT2D eigenvalue weighted by molar-refractivity contribution is 6.30. The summed E-state index contributed by atoms with van der Waals surface area (Å²) in [6.45, 7) is 2.86. The highest BCUT2D eigenvalue weighted by atomic mass is 35.5. The molecule has 2 aromatic rings. The topological polar surface area (TPSA) is 102 Å². The predicted molar refractivity (Wildman–Crippen MR) is 97.3 cm³/mol. The van der Waals surface area contributed by atoms with Gasteiger partial charge in [-0.25, -0.2) is 4.79 Å². The zero-order valence-corrected chi connectivity index (χ0v) is 15.0. The lowest BCUT2D eigenvalue weighted by atomic mass is 10.1. The predicted octanol–water partition coefficient (Wildman–Crippen LogP) is 0.0798. The Morgan fingerprint density at radius 2 is 2.08 bits per heavy atom. The number of H-pyrrole nitrogens is 1. The second-order valence-electron chi connectivity index (χ2n) is 6.03. The van der Waals surface area contributed by atoms with Gasteiger partial charge in [0.1, 0.15) is 24.5 Å². The van der Waals surface area contributed by atoms with Crippen LogP contribution in [0.5, 0.6) is 0 Å². The molecule has 0 bridgehead atoms. The number of Topliss-reactive ketones (excluding diaryl/α,β-unsaturated/α-hetero) is 1. The van der Waals surface area contributed by atoms with Crippen LogP contribution < -0.4 is 21.9 Å². The van der Waals surface area contributed by atoms with Crippen LogP contribution in [0, 0.1) is 0 Å². The Bertz CT molecular complexity index is 888. The third-order valence-electron chi connectivity index (χ3n) is 3.82. The molecule has 8 heteroatoms. The Labute approximate surface area is 150 Å². The summed E-state index contributed by atoms with van der Waals surface area (Å²) in [6, 6.07) is 7.37. The van der Waals surface area contributed by atoms with Crippen molar-refractivity contribution in [3.8, 4) is 0 Å². The van der Waals surface area contributed by atoms with Crippen molar-refractivity contribution in [1.82, 2.24) is 9.55 Å². The van der Waals surface area contributed by atoms with Crippen molar-refractivity contribution in [2.75, 3.05) is 19.3 Å². The first kappa shape index (κ1) is 19.0. The van der Waals surface area contributed by atoms with Crippen molar-refractivity contribution in [3.63, 3.8) is 0 Å². The van der Waals surface area contributed by atoms with Crippen molar-refractivity contribution >= 4 is 23.2 Å². The van der Waals surface area contributed by atoms with Crippen LogP contribution in [0.3, 0.4) is 0 Å². The number of quaternary nitrogens is 1. The third kappa shape index (κ3) is 4.58. The number of ketones is 1. The van der Waals surface area contributed by atoms with E-state index in [1.54, 1.807) is 6.07 Å². The maximum Gasteiger partial charge on any atom is 0.329 e. The van der Waals surface area contributed by atoms with Crippen molar-refractivity contribution in [3.05, 3.63) is 61.3 Å². The van der Waals surface area contributed by atoms with Crippen molar-refractivity contribution in [1.29, 1.82) is 0 Å². The van der Waals surface area contributed by atoms with Gasteiger partial charge < -0.3 is 10.6 Å². The van der Waals surface area contributed by atoms with E-state index >= 15 is 0 Å². The largest absolute Gasteiger partial charge is 0.384 e. The second kappa shape index (κ2) is 8.13. The molecule has 0 aliphatic heterocycles. The number of likely N-dealkylation sites (N-methyl/N-ethyl adjacent to an activating group) is 1. The van der Waals surface area contributed by atoms with Crippen molar-refractivity contribution in [2.24, 2.45) is 0 Å². The Kier molecular flexibility index (Phi) is 6.17. The standard InChI is InChI=1S/C17H21ClN4O3/c1-3-7-22-15(19)14(16(24)20-17(22)25)13(23)10-21(2)9-11-5-4-6-12(18)8-11/h4-6,8H,3,7,9-10,19H2,1-2H3,(H,20,24,25)/p+1. The number of aromatic amines is 1. The van der Waals surface area contributed by atoms with E-state index in [2.05, 4.69) is 4.98 Å². The molecule has 0 aliphatic rings. The van der Waals surface area contributed by atoms with Gasteiger partial charge in [0.25, 0.3) is 5.56 Å². The number of aromatic nitrogens is 2. The average molecular weight is 366 g/mol. The Balaban J connectivity index is 2.21. The Hall–Kier alpha value is -2.38. The quantitative estimate of drug-likeness (QED) is 0.605. The molecule has 1 aromatic carbocycles. The highest BCUT2D eigenvalue weighted by Crippen LogP contribution is 2.09. The van der Waals surface area contributed by atoms with Crippen LogP contribution in [-0.2, 0) is 13.1 Å². The van der Waals surface area contributed by atoms with E-state index < -0.39 is 17.0 Å². The van der Waals surface area contributed by atoms with E-state index in [9.17, 15) is 14.4 Å². The van der Waals surface area contributed by atoms with E-state index in [0.717, 1.165) is 10.5 Å². The zero-order chi connectivity index (χ0) is 18.6. The summed E-state index contributed by atoms with van der Waals surface area (Å²) in [6.07, 6.45) is 0.656. The van der Waals surface area contributed by atoms with Gasteiger partial charge >= 0.3 is 5.69 Å². The number of hydrogen-bond acceptors (Lipinski definition) is 4. The molecule has 0 saturated carbocycles. The number of benzene rings is 1. The fourth-order valence-electron chi connectivity index (χ4n) is 2.72. The minimum atomic E-state index is -0.740. The number of nitrogens with zero attached hydrogens (tertiary/aromatic N) is 1. The number of carbonyl (C=O) groups excluding carboxylic acids is 1. The van der Waals surface area contributed by atoms with Gasteiger partial charge in [0.2, 0.25) is 5.78 Å². The van der Waals surface area contributed by atoms with E-state index in [0.29, 0.717) is 24.5 Å². The molecule has 0 fully saturated rings. The van der Waals surface area contributed by atoms with Gasteiger partial charge in [-0.3, -0.25) is 19.1 Å². The number of nitrogens with two attached hydrogens (primary N) is 1. The molecule has 4 N–H and O–H groups in total. The van der Waals surface area contributed by atoms with Crippen molar-refractivity contribution < 1.29 is 9.69 Å². The molecule has 7 nitrogen and oxygen atoms in total. The molecule has 1 atom stereocenters. The normalized spacial score (nSPS) is 12.1. The van der Waals surface area contributed by atoms with E-state index in [1.165, 1.54) is 4.57 Å². The first-order valence-corrected chi connectivity index (χ1v) is 8.42. The molecule has 0 radical (unpaired) electrons. The smallest absolute Gasteiger partial charge is 0.329 e. The van der Waals surface area contributed by atoms with Crippen LogP contribution in [0.1, 0.15) is 29.3 Å². The molecule has 134 valence electrons. The fourth-order valence-corrected chi connectivity index (χ4v) is 2.94. The lowest BCUT2D eigenvalue weighted by molar-refractivity contribution is -0.884. The summed E-state index contributed by atoms with van der Waals surface area (Å²) in [5.41, 5.74) is 5.41. The summed E-state index contributed by atoms with van der Waals surface area (Å²) >= 11 is 5.96. The molecular weight excluding hydrogens is 344 g/mol. The molecule has 1 unspecified atom stereocenters. The summed E-state index contributed by atoms with van der Waals surface area (Å²) in [5, 5.41) is 0.629. The van der Waals surface area contributed by atoms with E-state index in [1.807, 2.05) is 32.2 Å². The van der Waals surface area contributed by atoms with Gasteiger partial charge in [0.05, 0.1) is 7.05 Å². The summed E-state index contributed by atoms with van der Waals surface area (Å²) in [5.74, 6) is -0.473. The van der Waals surface area contributed by atoms with Gasteiger partial charge in [-0.05, 0) is 18.6 Å². The summed E-state index contributed by atoms with van der Waals surface area (Å²) in [4.78, 5) is 39.5. The first-order valence-electron chi connectivity index (χ1n) is 8.05. The maximum absolute atomic E-state index is 12.6. The molecule has 0 spiro atoms. The SMILES string of the molecule is CCCn1c(N)c(C(=O)C[NH+](C)Cc2cccc(Cl)c2)c(=O)[nH]c1=O. The molecule has 0 amide bonds. The highest BCUT2D eigenvalue weighted by Gasteiger charge is 2.22. The molecule has 1 aromatic heterocycles. The second-order valence-corrected chi connectivity index (χ2v) is 6.47. The van der Waals surface area contributed by atoms with E-state index in [-0.39, 0.29) is 17.9 Å². The summed E-state index contributed by atoms with van der Waals surface area (Å²) < 4.78 is 1.22. The molecular formula is C17H22ClN4O3+. The van der Waals surface area contributed by atoms with Crippen LogP contribution >= 0.6 is 11.6 Å². The number of nitrogen functional groups attached to an aromatic ring is 1. The number of anilines is 1. The van der Waals surface area contributed by atoms with Gasteiger partial charge in [0.15, 0.2) is 0 Å². The van der Waals surface area contributed by atoms with Crippen molar-refractivity contribution in [2.45, 2.75) is 26.4 Å². The van der Waals surface area contributed by atoms with Crippen LogP contribution in [0.2, 0.25) is 5.02 Å². The minimum Gasteiger partial charge on any atom is -0.384 e. The van der Waals surface area contributed by atoms with Gasteiger partial charge in [-0.2, -0.15) is 0 Å². The number of rotatable bonds is 7. The van der Waals surface area contributed by atoms with Crippen LogP contribution in [0.15, 0.2) is 33.9 Å². The lowest BCUT2D eigenvalue weighted by Gasteiger charge is -2.15. The number of nitrogens with one attached hydrogen (secondary N) is 2. The molecule has 2 rings (SSSR count). The number of carbonyl (C=O) groups is 1.